The van der Waals surface area contributed by atoms with Crippen LogP contribution in [0.5, 0.6) is 0 Å². The van der Waals surface area contributed by atoms with Crippen molar-refractivity contribution in [3.8, 4) is 16.8 Å². The number of hydrogen-bond acceptors (Lipinski definition) is 3. The number of amides is 1. The molecule has 4 aromatic rings. The minimum Gasteiger partial charge on any atom is -0.324 e. The van der Waals surface area contributed by atoms with Crippen LogP contribution in [-0.2, 0) is 11.2 Å². The number of anilines is 1. The minimum absolute atomic E-state index is 0.0740. The molecule has 0 aliphatic rings. The summed E-state index contributed by atoms with van der Waals surface area (Å²) in [6, 6.07) is 25.8. The van der Waals surface area contributed by atoms with E-state index in [4.69, 9.17) is 0 Å². The van der Waals surface area contributed by atoms with Crippen LogP contribution in [0.1, 0.15) is 5.56 Å². The lowest BCUT2D eigenvalue weighted by Gasteiger charge is -2.11. The summed E-state index contributed by atoms with van der Waals surface area (Å²) in [4.78, 5) is 12.5. The maximum absolute atomic E-state index is 12.5. The summed E-state index contributed by atoms with van der Waals surface area (Å²) in [5.74, 6) is -0.0740. The second kappa shape index (κ2) is 7.66. The number of rotatable bonds is 5. The monoisotopic (exact) mass is 354 g/mol. The highest BCUT2D eigenvalue weighted by molar-refractivity contribution is 5.94. The summed E-state index contributed by atoms with van der Waals surface area (Å²) in [7, 11) is 0. The fourth-order valence-electron chi connectivity index (χ4n) is 2.94. The predicted molar refractivity (Wildman–Crippen MR) is 106 cm³/mol. The minimum atomic E-state index is -0.0740. The molecular weight excluding hydrogens is 336 g/mol. The lowest BCUT2D eigenvalue weighted by molar-refractivity contribution is -0.115. The molecule has 5 nitrogen and oxygen atoms in total. The van der Waals surface area contributed by atoms with E-state index in [1.54, 1.807) is 17.1 Å². The summed E-state index contributed by atoms with van der Waals surface area (Å²) in [5.41, 5.74) is 4.74. The van der Waals surface area contributed by atoms with Gasteiger partial charge in [0.1, 0.15) is 0 Å². The summed E-state index contributed by atoms with van der Waals surface area (Å²) in [6.07, 6.45) is 3.65. The van der Waals surface area contributed by atoms with Crippen LogP contribution < -0.4 is 5.32 Å². The molecule has 0 spiro atoms. The smallest absolute Gasteiger partial charge is 0.228 e. The average Bonchev–Trinajstić information content (AvgIpc) is 3.24. The van der Waals surface area contributed by atoms with Gasteiger partial charge in [-0.15, -0.1) is 5.10 Å². The second-order valence-corrected chi connectivity index (χ2v) is 6.15. The summed E-state index contributed by atoms with van der Waals surface area (Å²) < 4.78 is 1.63. The van der Waals surface area contributed by atoms with Crippen LogP contribution in [0.25, 0.3) is 16.8 Å². The van der Waals surface area contributed by atoms with E-state index in [2.05, 4.69) is 27.8 Å². The van der Waals surface area contributed by atoms with Crippen molar-refractivity contribution in [1.82, 2.24) is 15.0 Å². The summed E-state index contributed by atoms with van der Waals surface area (Å²) >= 11 is 0. The van der Waals surface area contributed by atoms with Crippen molar-refractivity contribution in [1.29, 1.82) is 0 Å². The van der Waals surface area contributed by atoms with E-state index < -0.39 is 0 Å². The Bertz CT molecular complexity index is 1030. The first kappa shape index (κ1) is 16.7. The van der Waals surface area contributed by atoms with E-state index in [0.29, 0.717) is 12.1 Å². The fourth-order valence-corrected chi connectivity index (χ4v) is 2.94. The lowest BCUT2D eigenvalue weighted by atomic mass is 10.0. The van der Waals surface area contributed by atoms with Gasteiger partial charge in [0.2, 0.25) is 5.91 Å². The molecule has 1 amide bonds. The molecule has 0 fully saturated rings. The van der Waals surface area contributed by atoms with Crippen LogP contribution in [0.4, 0.5) is 5.69 Å². The number of aromatic nitrogens is 3. The lowest BCUT2D eigenvalue weighted by Crippen LogP contribution is -2.16. The number of hydrogen-bond donors (Lipinski definition) is 1. The van der Waals surface area contributed by atoms with Crippen LogP contribution in [-0.4, -0.2) is 20.9 Å². The van der Waals surface area contributed by atoms with Crippen molar-refractivity contribution in [2.45, 2.75) is 6.42 Å². The maximum Gasteiger partial charge on any atom is 0.228 e. The van der Waals surface area contributed by atoms with Gasteiger partial charge in [-0.1, -0.05) is 71.9 Å². The zero-order valence-corrected chi connectivity index (χ0v) is 14.6. The zero-order chi connectivity index (χ0) is 18.5. The van der Waals surface area contributed by atoms with Crippen molar-refractivity contribution in [2.75, 3.05) is 5.32 Å². The molecule has 3 aromatic carbocycles. The van der Waals surface area contributed by atoms with Gasteiger partial charge in [-0.2, -0.15) is 0 Å². The third kappa shape index (κ3) is 3.93. The Morgan fingerprint density at radius 2 is 1.56 bits per heavy atom. The SMILES string of the molecule is O=C(Cc1ccc(-c2ccccc2)cc1)Nc1ccccc1-n1ccnn1. The van der Waals surface area contributed by atoms with Gasteiger partial charge in [0.15, 0.2) is 0 Å². The Hall–Kier alpha value is -3.73. The van der Waals surface area contributed by atoms with Crippen LogP contribution in [0.15, 0.2) is 91.3 Å². The van der Waals surface area contributed by atoms with E-state index in [1.807, 2.05) is 66.7 Å². The number of carbonyl (C=O) groups excluding carboxylic acids is 1. The van der Waals surface area contributed by atoms with E-state index in [9.17, 15) is 4.79 Å². The van der Waals surface area contributed by atoms with Crippen LogP contribution in [0.2, 0.25) is 0 Å². The summed E-state index contributed by atoms with van der Waals surface area (Å²) in [6.45, 7) is 0. The van der Waals surface area contributed by atoms with Crippen molar-refractivity contribution >= 4 is 11.6 Å². The summed E-state index contributed by atoms with van der Waals surface area (Å²) in [5, 5.41) is 10.8. The van der Waals surface area contributed by atoms with E-state index in [0.717, 1.165) is 22.4 Å². The average molecular weight is 354 g/mol. The molecule has 0 saturated carbocycles. The topological polar surface area (TPSA) is 59.8 Å². The molecule has 132 valence electrons. The number of nitrogens with zero attached hydrogens (tertiary/aromatic N) is 3. The Balaban J connectivity index is 1.46. The van der Waals surface area contributed by atoms with Crippen molar-refractivity contribution in [2.24, 2.45) is 0 Å². The quantitative estimate of drug-likeness (QED) is 0.587. The Labute approximate surface area is 157 Å². The van der Waals surface area contributed by atoms with Gasteiger partial charge in [-0.3, -0.25) is 4.79 Å². The first-order valence-electron chi connectivity index (χ1n) is 8.69. The van der Waals surface area contributed by atoms with Crippen molar-refractivity contribution in [3.05, 3.63) is 96.8 Å². The van der Waals surface area contributed by atoms with Crippen molar-refractivity contribution in [3.63, 3.8) is 0 Å². The number of carbonyl (C=O) groups is 1. The van der Waals surface area contributed by atoms with Gasteiger partial charge in [0.05, 0.1) is 30.2 Å². The highest BCUT2D eigenvalue weighted by Crippen LogP contribution is 2.21. The van der Waals surface area contributed by atoms with Gasteiger partial charge in [0, 0.05) is 0 Å². The Morgan fingerprint density at radius 1 is 0.852 bits per heavy atom. The number of para-hydroxylation sites is 2. The molecular formula is C22H18N4O. The van der Waals surface area contributed by atoms with Gasteiger partial charge < -0.3 is 5.32 Å². The van der Waals surface area contributed by atoms with Gasteiger partial charge in [-0.25, -0.2) is 4.68 Å². The Kier molecular flexibility index (Phi) is 4.74. The highest BCUT2D eigenvalue weighted by atomic mass is 16.1. The molecule has 0 aliphatic heterocycles. The fraction of sp³-hybridized carbons (Fsp3) is 0.0455. The van der Waals surface area contributed by atoms with Crippen molar-refractivity contribution < 1.29 is 4.79 Å². The van der Waals surface area contributed by atoms with Gasteiger partial charge in [0.25, 0.3) is 0 Å². The normalized spacial score (nSPS) is 10.5. The second-order valence-electron chi connectivity index (χ2n) is 6.15. The molecule has 1 aromatic heterocycles. The Morgan fingerprint density at radius 3 is 2.30 bits per heavy atom. The molecule has 1 N–H and O–H groups in total. The van der Waals surface area contributed by atoms with Gasteiger partial charge in [-0.05, 0) is 28.8 Å². The molecule has 27 heavy (non-hydrogen) atoms. The van der Waals surface area contributed by atoms with Crippen LogP contribution in [0.3, 0.4) is 0 Å². The molecule has 1 heterocycles. The molecule has 0 radical (unpaired) electrons. The number of benzene rings is 3. The van der Waals surface area contributed by atoms with Crippen LogP contribution >= 0.6 is 0 Å². The predicted octanol–water partition coefficient (Wildman–Crippen LogP) is 4.12. The molecule has 0 saturated heterocycles. The van der Waals surface area contributed by atoms with E-state index >= 15 is 0 Å². The van der Waals surface area contributed by atoms with Crippen LogP contribution in [0, 0.1) is 0 Å². The third-order valence-corrected chi connectivity index (χ3v) is 4.27. The first-order valence-corrected chi connectivity index (χ1v) is 8.69. The molecule has 4 rings (SSSR count). The molecule has 0 unspecified atom stereocenters. The van der Waals surface area contributed by atoms with Gasteiger partial charge >= 0.3 is 0 Å². The largest absolute Gasteiger partial charge is 0.324 e. The van der Waals surface area contributed by atoms with E-state index in [-0.39, 0.29) is 5.91 Å². The standard InChI is InChI=1S/C22H18N4O/c27-22(24-20-8-4-5-9-21(20)26-15-14-23-25-26)16-17-10-12-19(13-11-17)18-6-2-1-3-7-18/h1-15H,16H2,(H,24,27). The highest BCUT2D eigenvalue weighted by Gasteiger charge is 2.09. The maximum atomic E-state index is 12.5. The molecule has 0 aliphatic carbocycles. The third-order valence-electron chi connectivity index (χ3n) is 4.27. The first-order chi connectivity index (χ1) is 13.3. The molecule has 0 atom stereocenters. The van der Waals surface area contributed by atoms with E-state index in [1.165, 1.54) is 0 Å². The molecule has 5 heteroatoms. The number of nitrogens with one attached hydrogen (secondary N) is 1. The molecule has 0 bridgehead atoms. The zero-order valence-electron chi connectivity index (χ0n) is 14.6.